The van der Waals surface area contributed by atoms with Crippen LogP contribution in [0, 0.1) is 5.92 Å². The van der Waals surface area contributed by atoms with Gasteiger partial charge >= 0.3 is 0 Å². The van der Waals surface area contributed by atoms with E-state index in [4.69, 9.17) is 5.73 Å². The molecule has 0 saturated heterocycles. The molecule has 0 aromatic rings. The number of hydrogen-bond acceptors (Lipinski definition) is 2. The fourth-order valence-electron chi connectivity index (χ4n) is 0.997. The molecule has 0 amide bonds. The van der Waals surface area contributed by atoms with E-state index >= 15 is 0 Å². The Bertz CT molecular complexity index is 69.7. The van der Waals surface area contributed by atoms with Crippen LogP contribution >= 0.6 is 0 Å². The van der Waals surface area contributed by atoms with Crippen LogP contribution in [0.15, 0.2) is 0 Å². The molecule has 0 radical (unpaired) electrons. The Labute approximate surface area is 64.4 Å². The van der Waals surface area contributed by atoms with Crippen LogP contribution < -0.4 is 5.73 Å². The van der Waals surface area contributed by atoms with Gasteiger partial charge in [0.15, 0.2) is 0 Å². The predicted octanol–water partition coefficient (Wildman–Crippen LogP) is 0.923. The quantitative estimate of drug-likeness (QED) is 0.622. The van der Waals surface area contributed by atoms with Crippen LogP contribution in [0.1, 0.15) is 20.8 Å². The molecule has 0 aromatic carbocycles. The number of nitrogens with two attached hydrogens (primary N) is 1. The molecule has 0 bridgehead atoms. The van der Waals surface area contributed by atoms with Gasteiger partial charge in [-0.2, -0.15) is 0 Å². The van der Waals surface area contributed by atoms with Crippen LogP contribution in [-0.4, -0.2) is 31.1 Å². The third-order valence-electron chi connectivity index (χ3n) is 1.87. The number of nitrogens with zero attached hydrogens (tertiary/aromatic N) is 1. The minimum atomic E-state index is 0.639. The molecule has 0 unspecified atom stereocenters. The van der Waals surface area contributed by atoms with Crippen molar-refractivity contribution < 1.29 is 0 Å². The highest BCUT2D eigenvalue weighted by Gasteiger charge is 2.03. The first-order valence-electron chi connectivity index (χ1n) is 4.16. The van der Waals surface area contributed by atoms with Crippen LogP contribution in [0.5, 0.6) is 0 Å². The zero-order valence-corrected chi connectivity index (χ0v) is 7.43. The fraction of sp³-hybridized carbons (Fsp3) is 1.00. The van der Waals surface area contributed by atoms with Gasteiger partial charge in [-0.05, 0) is 25.6 Å². The summed E-state index contributed by atoms with van der Waals surface area (Å²) in [6.45, 7) is 10.8. The molecule has 10 heavy (non-hydrogen) atoms. The van der Waals surface area contributed by atoms with Gasteiger partial charge in [-0.25, -0.2) is 0 Å². The standard InChI is InChI=1S/C8H20N2/c1-4-10(5-2)7-8(3)6-9/h8H,4-7,9H2,1-3H3/t8-/m0/s1. The minimum Gasteiger partial charge on any atom is -0.330 e. The second-order valence-corrected chi connectivity index (χ2v) is 2.83. The van der Waals surface area contributed by atoms with Gasteiger partial charge in [-0.15, -0.1) is 0 Å². The van der Waals surface area contributed by atoms with Gasteiger partial charge in [-0.3, -0.25) is 0 Å². The molecule has 0 aliphatic carbocycles. The van der Waals surface area contributed by atoms with E-state index < -0.39 is 0 Å². The number of rotatable bonds is 5. The first kappa shape index (κ1) is 9.92. The maximum Gasteiger partial charge on any atom is 0.00188 e. The van der Waals surface area contributed by atoms with Crippen molar-refractivity contribution in [1.82, 2.24) is 4.90 Å². The second-order valence-electron chi connectivity index (χ2n) is 2.83. The average Bonchev–Trinajstić information content (AvgIpc) is 1.99. The van der Waals surface area contributed by atoms with Gasteiger partial charge < -0.3 is 10.6 Å². The van der Waals surface area contributed by atoms with E-state index in [0.717, 1.165) is 26.2 Å². The lowest BCUT2D eigenvalue weighted by molar-refractivity contribution is 0.264. The van der Waals surface area contributed by atoms with Crippen molar-refractivity contribution in [3.05, 3.63) is 0 Å². The van der Waals surface area contributed by atoms with E-state index in [1.165, 1.54) is 0 Å². The Balaban J connectivity index is 3.41. The van der Waals surface area contributed by atoms with E-state index in [1.807, 2.05) is 0 Å². The van der Waals surface area contributed by atoms with Gasteiger partial charge in [0.05, 0.1) is 0 Å². The summed E-state index contributed by atoms with van der Waals surface area (Å²) in [5.74, 6) is 0.639. The molecule has 0 aliphatic heterocycles. The minimum absolute atomic E-state index is 0.639. The first-order valence-corrected chi connectivity index (χ1v) is 4.16. The average molecular weight is 144 g/mol. The molecule has 0 heterocycles. The predicted molar refractivity (Wildman–Crippen MR) is 46.0 cm³/mol. The van der Waals surface area contributed by atoms with Crippen molar-refractivity contribution in [2.75, 3.05) is 26.2 Å². The summed E-state index contributed by atoms with van der Waals surface area (Å²) in [6.07, 6.45) is 0. The van der Waals surface area contributed by atoms with Crippen molar-refractivity contribution in [3.8, 4) is 0 Å². The Morgan fingerprint density at radius 2 is 1.80 bits per heavy atom. The van der Waals surface area contributed by atoms with E-state index in [0.29, 0.717) is 5.92 Å². The molecular formula is C8H20N2. The summed E-state index contributed by atoms with van der Waals surface area (Å²) in [4.78, 5) is 2.40. The molecule has 0 aromatic heterocycles. The first-order chi connectivity index (χ1) is 4.74. The van der Waals surface area contributed by atoms with Crippen molar-refractivity contribution in [2.24, 2.45) is 11.7 Å². The highest BCUT2D eigenvalue weighted by Crippen LogP contribution is 1.96. The van der Waals surface area contributed by atoms with E-state index in [9.17, 15) is 0 Å². The summed E-state index contributed by atoms with van der Waals surface area (Å²) in [7, 11) is 0. The summed E-state index contributed by atoms with van der Waals surface area (Å²) in [6, 6.07) is 0. The van der Waals surface area contributed by atoms with Gasteiger partial charge in [0.2, 0.25) is 0 Å². The largest absolute Gasteiger partial charge is 0.330 e. The molecule has 0 fully saturated rings. The van der Waals surface area contributed by atoms with E-state index in [2.05, 4.69) is 25.7 Å². The lowest BCUT2D eigenvalue weighted by Crippen LogP contribution is -2.31. The summed E-state index contributed by atoms with van der Waals surface area (Å²) in [5.41, 5.74) is 5.50. The Morgan fingerprint density at radius 3 is 2.10 bits per heavy atom. The van der Waals surface area contributed by atoms with Crippen LogP contribution in [0.3, 0.4) is 0 Å². The number of hydrogen-bond donors (Lipinski definition) is 1. The van der Waals surface area contributed by atoms with E-state index in [-0.39, 0.29) is 0 Å². The van der Waals surface area contributed by atoms with Crippen LogP contribution in [-0.2, 0) is 0 Å². The van der Waals surface area contributed by atoms with Crippen molar-refractivity contribution in [2.45, 2.75) is 20.8 Å². The Morgan fingerprint density at radius 1 is 1.30 bits per heavy atom. The lowest BCUT2D eigenvalue weighted by Gasteiger charge is -2.21. The zero-order chi connectivity index (χ0) is 7.98. The molecular weight excluding hydrogens is 124 g/mol. The van der Waals surface area contributed by atoms with Crippen LogP contribution in [0.4, 0.5) is 0 Å². The normalized spacial score (nSPS) is 14.1. The van der Waals surface area contributed by atoms with Gasteiger partial charge in [0, 0.05) is 6.54 Å². The molecule has 0 rings (SSSR count). The van der Waals surface area contributed by atoms with Crippen molar-refractivity contribution >= 4 is 0 Å². The Hall–Kier alpha value is -0.0800. The maximum atomic E-state index is 5.50. The molecule has 0 saturated carbocycles. The molecule has 62 valence electrons. The van der Waals surface area contributed by atoms with Crippen LogP contribution in [0.25, 0.3) is 0 Å². The van der Waals surface area contributed by atoms with E-state index in [1.54, 1.807) is 0 Å². The summed E-state index contributed by atoms with van der Waals surface area (Å²) < 4.78 is 0. The smallest absolute Gasteiger partial charge is 0.00188 e. The summed E-state index contributed by atoms with van der Waals surface area (Å²) >= 11 is 0. The molecule has 0 aliphatic rings. The van der Waals surface area contributed by atoms with Gasteiger partial charge in [0.1, 0.15) is 0 Å². The fourth-order valence-corrected chi connectivity index (χ4v) is 0.997. The topological polar surface area (TPSA) is 29.3 Å². The molecule has 2 heteroatoms. The second kappa shape index (κ2) is 5.69. The summed E-state index contributed by atoms with van der Waals surface area (Å²) in [5, 5.41) is 0. The molecule has 2 nitrogen and oxygen atoms in total. The molecule has 2 N–H and O–H groups in total. The SMILES string of the molecule is CCN(CC)C[C@@H](C)CN. The van der Waals surface area contributed by atoms with Crippen molar-refractivity contribution in [3.63, 3.8) is 0 Å². The monoisotopic (exact) mass is 144 g/mol. The van der Waals surface area contributed by atoms with Gasteiger partial charge in [0.25, 0.3) is 0 Å². The van der Waals surface area contributed by atoms with Crippen LogP contribution in [0.2, 0.25) is 0 Å². The van der Waals surface area contributed by atoms with Gasteiger partial charge in [-0.1, -0.05) is 20.8 Å². The highest BCUT2D eigenvalue weighted by atomic mass is 15.1. The Kier molecular flexibility index (Phi) is 5.64. The molecule has 1 atom stereocenters. The third kappa shape index (κ3) is 3.85. The zero-order valence-electron chi connectivity index (χ0n) is 7.43. The molecule has 0 spiro atoms. The maximum absolute atomic E-state index is 5.50. The van der Waals surface area contributed by atoms with Crippen molar-refractivity contribution in [1.29, 1.82) is 0 Å². The lowest BCUT2D eigenvalue weighted by atomic mass is 10.2. The highest BCUT2D eigenvalue weighted by molar-refractivity contribution is 4.59. The third-order valence-corrected chi connectivity index (χ3v) is 1.87.